The van der Waals surface area contributed by atoms with Crippen molar-refractivity contribution in [3.05, 3.63) is 23.9 Å². The highest BCUT2D eigenvalue weighted by atomic mass is 16.3. The van der Waals surface area contributed by atoms with Gasteiger partial charge in [0.15, 0.2) is 0 Å². The maximum Gasteiger partial charge on any atom is 0.129 e. The number of aliphatic hydroxyl groups excluding tert-OH is 2. The van der Waals surface area contributed by atoms with Crippen LogP contribution >= 0.6 is 0 Å². The number of aliphatic hydroxyl groups is 2. The van der Waals surface area contributed by atoms with Crippen molar-refractivity contribution in [1.82, 2.24) is 4.98 Å². The summed E-state index contributed by atoms with van der Waals surface area (Å²) < 4.78 is 0. The lowest BCUT2D eigenvalue weighted by Gasteiger charge is -2.26. The quantitative estimate of drug-likeness (QED) is 0.831. The molecule has 1 aromatic rings. The molecule has 3 atom stereocenters. The smallest absolute Gasteiger partial charge is 0.129 e. The number of hydrogen-bond acceptors (Lipinski definition) is 4. The maximum atomic E-state index is 9.57. The largest absolute Gasteiger partial charge is 0.394 e. The minimum absolute atomic E-state index is 0.145. The van der Waals surface area contributed by atoms with E-state index in [1.165, 1.54) is 0 Å². The molecule has 0 saturated carbocycles. The van der Waals surface area contributed by atoms with Crippen molar-refractivity contribution >= 4 is 5.82 Å². The Labute approximate surface area is 102 Å². The number of pyridine rings is 1. The number of rotatable bonds is 3. The van der Waals surface area contributed by atoms with Crippen molar-refractivity contribution in [2.24, 2.45) is 5.92 Å². The third-order valence-corrected chi connectivity index (χ3v) is 3.62. The van der Waals surface area contributed by atoms with E-state index >= 15 is 0 Å². The van der Waals surface area contributed by atoms with Gasteiger partial charge in [-0.2, -0.15) is 0 Å². The van der Waals surface area contributed by atoms with E-state index in [0.717, 1.165) is 24.3 Å². The fourth-order valence-electron chi connectivity index (χ4n) is 2.42. The molecule has 0 amide bonds. The normalized spacial score (nSPS) is 26.2. The molecule has 0 aliphatic carbocycles. The van der Waals surface area contributed by atoms with Crippen LogP contribution in [0.15, 0.2) is 18.3 Å². The lowest BCUT2D eigenvalue weighted by Crippen LogP contribution is -2.35. The molecule has 0 bridgehead atoms. The van der Waals surface area contributed by atoms with Gasteiger partial charge in [-0.1, -0.05) is 6.92 Å². The molecule has 1 fully saturated rings. The van der Waals surface area contributed by atoms with Crippen molar-refractivity contribution in [1.29, 1.82) is 0 Å². The molecule has 2 N–H and O–H groups in total. The van der Waals surface area contributed by atoms with Gasteiger partial charge in [0.1, 0.15) is 5.82 Å². The predicted octanol–water partition coefficient (Wildman–Crippen LogP) is 1.34. The Morgan fingerprint density at radius 3 is 3.00 bits per heavy atom. The van der Waals surface area contributed by atoms with Crippen LogP contribution in [0.5, 0.6) is 0 Å². The third kappa shape index (κ3) is 2.42. The van der Waals surface area contributed by atoms with Crippen LogP contribution in [0.25, 0.3) is 0 Å². The molecule has 1 aliphatic rings. The Morgan fingerprint density at radius 2 is 2.35 bits per heavy atom. The second-order valence-corrected chi connectivity index (χ2v) is 4.83. The Kier molecular flexibility index (Phi) is 3.64. The molecular formula is C13H20N2O2. The van der Waals surface area contributed by atoms with E-state index in [1.807, 2.05) is 12.1 Å². The van der Waals surface area contributed by atoms with Crippen molar-refractivity contribution in [2.75, 3.05) is 18.1 Å². The molecule has 0 aromatic carbocycles. The van der Waals surface area contributed by atoms with E-state index < -0.39 is 6.10 Å². The highest BCUT2D eigenvalue weighted by Crippen LogP contribution is 2.29. The summed E-state index contributed by atoms with van der Waals surface area (Å²) in [6, 6.07) is 3.87. The molecule has 2 rings (SSSR count). The number of aromatic nitrogens is 1. The minimum Gasteiger partial charge on any atom is -0.394 e. The summed E-state index contributed by atoms with van der Waals surface area (Å²) in [6.07, 6.45) is 2.31. The molecule has 0 spiro atoms. The van der Waals surface area contributed by atoms with Crippen molar-refractivity contribution in [3.63, 3.8) is 0 Å². The Hall–Kier alpha value is -1.13. The second-order valence-electron chi connectivity index (χ2n) is 4.83. The SMILES string of the molecule is CC1CCN(c2cc([C@@H](C)O)ccn2)C1CO. The maximum absolute atomic E-state index is 9.57. The summed E-state index contributed by atoms with van der Waals surface area (Å²) in [5, 5.41) is 19.0. The van der Waals surface area contributed by atoms with Gasteiger partial charge in [0.05, 0.1) is 18.8 Å². The van der Waals surface area contributed by atoms with Gasteiger partial charge in [0, 0.05) is 12.7 Å². The number of anilines is 1. The van der Waals surface area contributed by atoms with Gasteiger partial charge >= 0.3 is 0 Å². The van der Waals surface area contributed by atoms with Gasteiger partial charge in [0.2, 0.25) is 0 Å². The fraction of sp³-hybridized carbons (Fsp3) is 0.615. The van der Waals surface area contributed by atoms with Crippen LogP contribution in [0.2, 0.25) is 0 Å². The number of nitrogens with zero attached hydrogens (tertiary/aromatic N) is 2. The van der Waals surface area contributed by atoms with Crippen LogP contribution in [0.4, 0.5) is 5.82 Å². The van der Waals surface area contributed by atoms with Crippen LogP contribution in [-0.4, -0.2) is 34.4 Å². The first-order chi connectivity index (χ1) is 8.13. The van der Waals surface area contributed by atoms with E-state index in [-0.39, 0.29) is 12.6 Å². The van der Waals surface area contributed by atoms with Gasteiger partial charge in [-0.15, -0.1) is 0 Å². The lowest BCUT2D eigenvalue weighted by molar-refractivity contribution is 0.199. The lowest BCUT2D eigenvalue weighted by atomic mass is 10.0. The second kappa shape index (κ2) is 5.02. The first-order valence-electron chi connectivity index (χ1n) is 6.15. The highest BCUT2D eigenvalue weighted by molar-refractivity contribution is 5.44. The highest BCUT2D eigenvalue weighted by Gasteiger charge is 2.31. The zero-order valence-electron chi connectivity index (χ0n) is 10.4. The molecule has 2 unspecified atom stereocenters. The summed E-state index contributed by atoms with van der Waals surface area (Å²) in [4.78, 5) is 6.48. The Bertz CT molecular complexity index is 381. The number of hydrogen-bond donors (Lipinski definition) is 2. The third-order valence-electron chi connectivity index (χ3n) is 3.62. The van der Waals surface area contributed by atoms with Crippen molar-refractivity contribution in [3.8, 4) is 0 Å². The van der Waals surface area contributed by atoms with Gasteiger partial charge < -0.3 is 15.1 Å². The topological polar surface area (TPSA) is 56.6 Å². The molecule has 4 heteroatoms. The van der Waals surface area contributed by atoms with Crippen molar-refractivity contribution < 1.29 is 10.2 Å². The van der Waals surface area contributed by atoms with E-state index in [1.54, 1.807) is 13.1 Å². The summed E-state index contributed by atoms with van der Waals surface area (Å²) in [5.74, 6) is 1.34. The Balaban J connectivity index is 2.25. The first kappa shape index (κ1) is 12.3. The van der Waals surface area contributed by atoms with E-state index in [2.05, 4.69) is 16.8 Å². The molecule has 94 valence electrons. The Morgan fingerprint density at radius 1 is 1.59 bits per heavy atom. The van der Waals surface area contributed by atoms with E-state index in [9.17, 15) is 10.2 Å². The average Bonchev–Trinajstić information content (AvgIpc) is 2.70. The van der Waals surface area contributed by atoms with Crippen molar-refractivity contribution in [2.45, 2.75) is 32.4 Å². The molecule has 2 heterocycles. The standard InChI is InChI=1S/C13H20N2O2/c1-9-4-6-15(12(9)8-16)13-7-11(10(2)17)3-5-14-13/h3,5,7,9-10,12,16-17H,4,6,8H2,1-2H3/t9?,10-,12?/m1/s1. The van der Waals surface area contributed by atoms with Crippen LogP contribution in [0.1, 0.15) is 31.9 Å². The zero-order valence-corrected chi connectivity index (χ0v) is 10.4. The molecule has 1 aliphatic heterocycles. The molecule has 0 radical (unpaired) electrons. The predicted molar refractivity (Wildman–Crippen MR) is 66.9 cm³/mol. The first-order valence-corrected chi connectivity index (χ1v) is 6.15. The van der Waals surface area contributed by atoms with Gasteiger partial charge in [0.25, 0.3) is 0 Å². The fourth-order valence-corrected chi connectivity index (χ4v) is 2.42. The van der Waals surface area contributed by atoms with Crippen LogP contribution in [-0.2, 0) is 0 Å². The molecular weight excluding hydrogens is 216 g/mol. The summed E-state index contributed by atoms with van der Waals surface area (Å²) >= 11 is 0. The van der Waals surface area contributed by atoms with Crippen LogP contribution in [0.3, 0.4) is 0 Å². The van der Waals surface area contributed by atoms with Gasteiger partial charge in [-0.3, -0.25) is 0 Å². The van der Waals surface area contributed by atoms with Gasteiger partial charge in [-0.25, -0.2) is 4.98 Å². The summed E-state index contributed by atoms with van der Waals surface area (Å²) in [5.41, 5.74) is 0.867. The van der Waals surface area contributed by atoms with Crippen LogP contribution < -0.4 is 4.90 Å². The average molecular weight is 236 g/mol. The van der Waals surface area contributed by atoms with E-state index in [4.69, 9.17) is 0 Å². The monoisotopic (exact) mass is 236 g/mol. The molecule has 17 heavy (non-hydrogen) atoms. The molecule has 4 nitrogen and oxygen atoms in total. The molecule has 1 aromatic heterocycles. The zero-order chi connectivity index (χ0) is 12.4. The summed E-state index contributed by atoms with van der Waals surface area (Å²) in [7, 11) is 0. The molecule has 1 saturated heterocycles. The van der Waals surface area contributed by atoms with Crippen LogP contribution in [0, 0.1) is 5.92 Å². The van der Waals surface area contributed by atoms with Gasteiger partial charge in [-0.05, 0) is 37.0 Å². The minimum atomic E-state index is -0.482. The van der Waals surface area contributed by atoms with E-state index in [0.29, 0.717) is 5.92 Å². The summed E-state index contributed by atoms with van der Waals surface area (Å²) in [6.45, 7) is 4.97.